The minimum absolute atomic E-state index is 0.0565. The zero-order valence-corrected chi connectivity index (χ0v) is 8.37. The molecule has 0 radical (unpaired) electrons. The molecule has 0 saturated heterocycles. The summed E-state index contributed by atoms with van der Waals surface area (Å²) in [6, 6.07) is 2.94. The Labute approximate surface area is 90.2 Å². The summed E-state index contributed by atoms with van der Waals surface area (Å²) in [5, 5.41) is 17.2. The quantitative estimate of drug-likeness (QED) is 0.853. The molecule has 84 valence electrons. The molecule has 0 saturated carbocycles. The number of rotatable bonds is 3. The van der Waals surface area contributed by atoms with Crippen LogP contribution in [-0.2, 0) is 11.2 Å². The summed E-state index contributed by atoms with van der Waals surface area (Å²) in [6.45, 7) is 1.52. The number of carboxylic acids is 1. The average molecular weight is 226 g/mol. The molecule has 0 bridgehead atoms. The van der Waals surface area contributed by atoms with E-state index in [4.69, 9.17) is 10.4 Å². The van der Waals surface area contributed by atoms with Crippen molar-refractivity contribution in [2.75, 3.05) is 0 Å². The molecule has 0 aliphatic rings. The molecule has 6 heteroatoms. The van der Waals surface area contributed by atoms with E-state index in [9.17, 15) is 13.6 Å². The number of hydrogen-bond acceptors (Lipinski definition) is 3. The fraction of sp³-hybridized carbons (Fsp3) is 0.300. The first-order valence-electron chi connectivity index (χ1n) is 4.36. The van der Waals surface area contributed by atoms with Crippen molar-refractivity contribution in [1.29, 1.82) is 5.26 Å². The maximum atomic E-state index is 12.6. The third kappa shape index (κ3) is 2.51. The Balaban J connectivity index is 3.31. The van der Waals surface area contributed by atoms with Gasteiger partial charge in [-0.05, 0) is 18.1 Å². The standard InChI is InChI=1S/C10H8F2N2O2/c1-5-2-6(3-8(15)16)9(10(11)12)14-7(5)4-13/h2,10H,3H2,1H3,(H,15,16). The molecule has 0 aliphatic carbocycles. The Hall–Kier alpha value is -2.03. The lowest BCUT2D eigenvalue weighted by atomic mass is 10.1. The van der Waals surface area contributed by atoms with Gasteiger partial charge < -0.3 is 5.11 Å². The van der Waals surface area contributed by atoms with E-state index in [2.05, 4.69) is 4.98 Å². The zero-order chi connectivity index (χ0) is 12.3. The predicted molar refractivity (Wildman–Crippen MR) is 50.0 cm³/mol. The van der Waals surface area contributed by atoms with Crippen molar-refractivity contribution in [3.63, 3.8) is 0 Å². The molecule has 1 aromatic rings. The number of aromatic nitrogens is 1. The van der Waals surface area contributed by atoms with E-state index in [0.29, 0.717) is 5.56 Å². The highest BCUT2D eigenvalue weighted by molar-refractivity contribution is 5.70. The van der Waals surface area contributed by atoms with Gasteiger partial charge in [-0.15, -0.1) is 0 Å². The van der Waals surface area contributed by atoms with Gasteiger partial charge >= 0.3 is 5.97 Å². The smallest absolute Gasteiger partial charge is 0.307 e. The summed E-state index contributed by atoms with van der Waals surface area (Å²) in [7, 11) is 0. The summed E-state index contributed by atoms with van der Waals surface area (Å²) < 4.78 is 25.1. The number of aliphatic carboxylic acids is 1. The summed E-state index contributed by atoms with van der Waals surface area (Å²) in [4.78, 5) is 13.9. The predicted octanol–water partition coefficient (Wildman–Crippen LogP) is 1.83. The highest BCUT2D eigenvalue weighted by atomic mass is 19.3. The Kier molecular flexibility index (Phi) is 3.51. The molecule has 0 amide bonds. The highest BCUT2D eigenvalue weighted by Gasteiger charge is 2.19. The lowest BCUT2D eigenvalue weighted by Crippen LogP contribution is -2.08. The van der Waals surface area contributed by atoms with Crippen molar-refractivity contribution in [2.24, 2.45) is 0 Å². The Morgan fingerprint density at radius 2 is 2.31 bits per heavy atom. The van der Waals surface area contributed by atoms with E-state index in [-0.39, 0.29) is 11.3 Å². The molecule has 0 aliphatic heterocycles. The Morgan fingerprint density at radius 1 is 1.69 bits per heavy atom. The molecular formula is C10H8F2N2O2. The van der Waals surface area contributed by atoms with Crippen LogP contribution in [0.1, 0.15) is 28.9 Å². The number of alkyl halides is 2. The van der Waals surface area contributed by atoms with Gasteiger partial charge in [0.05, 0.1) is 6.42 Å². The number of carbonyl (C=O) groups is 1. The molecule has 4 nitrogen and oxygen atoms in total. The summed E-state index contributed by atoms with van der Waals surface area (Å²) in [6.07, 6.45) is -3.42. The second-order valence-electron chi connectivity index (χ2n) is 3.18. The topological polar surface area (TPSA) is 74.0 Å². The van der Waals surface area contributed by atoms with Gasteiger partial charge in [-0.2, -0.15) is 5.26 Å². The number of pyridine rings is 1. The van der Waals surface area contributed by atoms with E-state index in [1.54, 1.807) is 6.07 Å². The van der Waals surface area contributed by atoms with Crippen molar-refractivity contribution in [3.05, 3.63) is 28.6 Å². The van der Waals surface area contributed by atoms with Gasteiger partial charge in [-0.3, -0.25) is 4.79 Å². The number of nitrogens with zero attached hydrogens (tertiary/aromatic N) is 2. The molecule has 0 spiro atoms. The lowest BCUT2D eigenvalue weighted by Gasteiger charge is -2.08. The van der Waals surface area contributed by atoms with Gasteiger partial charge in [0, 0.05) is 0 Å². The summed E-state index contributed by atoms with van der Waals surface area (Å²) in [5.41, 5.74) is -0.406. The zero-order valence-electron chi connectivity index (χ0n) is 8.37. The molecule has 0 unspecified atom stereocenters. The highest BCUT2D eigenvalue weighted by Crippen LogP contribution is 2.23. The van der Waals surface area contributed by atoms with Gasteiger partial charge in [-0.25, -0.2) is 13.8 Å². The monoisotopic (exact) mass is 226 g/mol. The van der Waals surface area contributed by atoms with Gasteiger partial charge in [0.2, 0.25) is 0 Å². The molecule has 1 rings (SSSR count). The minimum Gasteiger partial charge on any atom is -0.481 e. The fourth-order valence-corrected chi connectivity index (χ4v) is 1.29. The number of hydrogen-bond donors (Lipinski definition) is 1. The van der Waals surface area contributed by atoms with E-state index >= 15 is 0 Å². The first-order valence-corrected chi connectivity index (χ1v) is 4.36. The van der Waals surface area contributed by atoms with Crippen LogP contribution in [0.15, 0.2) is 6.07 Å². The minimum atomic E-state index is -2.89. The van der Waals surface area contributed by atoms with Gasteiger partial charge in [0.25, 0.3) is 6.43 Å². The molecule has 0 fully saturated rings. The SMILES string of the molecule is Cc1cc(CC(=O)O)c(C(F)F)nc1C#N. The van der Waals surface area contributed by atoms with E-state index < -0.39 is 24.5 Å². The molecule has 1 heterocycles. The molecule has 1 aromatic heterocycles. The van der Waals surface area contributed by atoms with Crippen LogP contribution in [0, 0.1) is 18.3 Å². The molecule has 0 atom stereocenters. The second kappa shape index (κ2) is 4.66. The maximum absolute atomic E-state index is 12.6. The van der Waals surface area contributed by atoms with Crippen LogP contribution in [0.3, 0.4) is 0 Å². The first-order chi connectivity index (χ1) is 7.45. The number of aryl methyl sites for hydroxylation is 1. The first kappa shape index (κ1) is 12.0. The Bertz CT molecular complexity index is 467. The molecule has 1 N–H and O–H groups in total. The number of carboxylic acid groups (broad SMARTS) is 1. The van der Waals surface area contributed by atoms with E-state index in [1.807, 2.05) is 0 Å². The Morgan fingerprint density at radius 3 is 2.75 bits per heavy atom. The lowest BCUT2D eigenvalue weighted by molar-refractivity contribution is -0.136. The molecular weight excluding hydrogens is 218 g/mol. The van der Waals surface area contributed by atoms with Crippen molar-refractivity contribution >= 4 is 5.97 Å². The summed E-state index contributed by atoms with van der Waals surface area (Å²) >= 11 is 0. The van der Waals surface area contributed by atoms with Crippen LogP contribution in [-0.4, -0.2) is 16.1 Å². The second-order valence-corrected chi connectivity index (χ2v) is 3.18. The maximum Gasteiger partial charge on any atom is 0.307 e. The molecule has 0 aromatic carbocycles. The largest absolute Gasteiger partial charge is 0.481 e. The number of nitriles is 1. The molecule has 16 heavy (non-hydrogen) atoms. The van der Waals surface area contributed by atoms with Crippen LogP contribution < -0.4 is 0 Å². The van der Waals surface area contributed by atoms with Crippen LogP contribution >= 0.6 is 0 Å². The normalized spacial score (nSPS) is 10.2. The van der Waals surface area contributed by atoms with Crippen molar-refractivity contribution < 1.29 is 18.7 Å². The van der Waals surface area contributed by atoms with E-state index in [1.165, 1.54) is 13.0 Å². The van der Waals surface area contributed by atoms with Crippen LogP contribution in [0.5, 0.6) is 0 Å². The third-order valence-corrected chi connectivity index (χ3v) is 1.98. The van der Waals surface area contributed by atoms with Crippen LogP contribution in [0.2, 0.25) is 0 Å². The van der Waals surface area contributed by atoms with Gasteiger partial charge in [0.1, 0.15) is 17.5 Å². The van der Waals surface area contributed by atoms with Crippen LogP contribution in [0.25, 0.3) is 0 Å². The van der Waals surface area contributed by atoms with E-state index in [0.717, 1.165) is 0 Å². The van der Waals surface area contributed by atoms with Crippen molar-refractivity contribution in [3.8, 4) is 6.07 Å². The van der Waals surface area contributed by atoms with Gasteiger partial charge in [-0.1, -0.05) is 6.07 Å². The number of halogens is 2. The fourth-order valence-electron chi connectivity index (χ4n) is 1.29. The summed E-state index contributed by atoms with van der Waals surface area (Å²) in [5.74, 6) is -1.21. The van der Waals surface area contributed by atoms with Crippen molar-refractivity contribution in [2.45, 2.75) is 19.8 Å². The van der Waals surface area contributed by atoms with Gasteiger partial charge in [0.15, 0.2) is 0 Å². The third-order valence-electron chi connectivity index (χ3n) is 1.98. The average Bonchev–Trinajstić information content (AvgIpc) is 2.16. The van der Waals surface area contributed by atoms with Crippen LogP contribution in [0.4, 0.5) is 8.78 Å². The van der Waals surface area contributed by atoms with Crippen molar-refractivity contribution in [1.82, 2.24) is 4.98 Å².